The number of esters is 1. The normalized spacial score (nSPS) is 9.31. The van der Waals surface area contributed by atoms with Gasteiger partial charge in [0, 0.05) is 5.56 Å². The van der Waals surface area contributed by atoms with Crippen molar-refractivity contribution in [2.75, 3.05) is 6.61 Å². The van der Waals surface area contributed by atoms with Crippen molar-refractivity contribution < 1.29 is 14.3 Å². The summed E-state index contributed by atoms with van der Waals surface area (Å²) in [6, 6.07) is 4.46. The number of halogens is 1. The first-order chi connectivity index (χ1) is 7.63. The van der Waals surface area contributed by atoms with Gasteiger partial charge in [-0.15, -0.1) is 0 Å². The molecule has 1 aromatic carbocycles. The van der Waals surface area contributed by atoms with E-state index < -0.39 is 5.97 Å². The van der Waals surface area contributed by atoms with E-state index in [4.69, 9.17) is 21.6 Å². The Balaban J connectivity index is 3.32. The average Bonchev–Trinajstić information content (AvgIpc) is 2.29. The van der Waals surface area contributed by atoms with Crippen LogP contribution >= 0.6 is 11.6 Å². The van der Waals surface area contributed by atoms with Crippen LogP contribution in [0.25, 0.3) is 0 Å². The molecule has 1 aromatic rings. The second kappa shape index (κ2) is 5.29. The largest absolute Gasteiger partial charge is 0.462 e. The first-order valence-corrected chi connectivity index (χ1v) is 4.87. The Kier molecular flexibility index (Phi) is 4.03. The first-order valence-electron chi connectivity index (χ1n) is 4.50. The number of hydrogen-bond donors (Lipinski definition) is 0. The molecule has 82 valence electrons. The van der Waals surface area contributed by atoms with Crippen LogP contribution in [0, 0.1) is 11.3 Å². The number of carbonyl (C=O) groups excluding carboxylic acids is 2. The summed E-state index contributed by atoms with van der Waals surface area (Å²) in [7, 11) is 0. The zero-order chi connectivity index (χ0) is 12.1. The maximum absolute atomic E-state index is 11.5. The number of ether oxygens (including phenoxy) is 1. The maximum Gasteiger partial charge on any atom is 0.339 e. The highest BCUT2D eigenvalue weighted by atomic mass is 35.5. The second-order valence-corrected chi connectivity index (χ2v) is 3.26. The van der Waals surface area contributed by atoms with Crippen molar-refractivity contribution in [3.05, 3.63) is 33.8 Å². The maximum atomic E-state index is 11.5. The summed E-state index contributed by atoms with van der Waals surface area (Å²) in [6.07, 6.45) is 0.492. The molecule has 5 heteroatoms. The molecule has 0 aliphatic rings. The smallest absolute Gasteiger partial charge is 0.339 e. The SMILES string of the molecule is CCOC(=O)c1cc(C#N)cc(C=O)c1Cl. The Hall–Kier alpha value is -1.86. The number of benzene rings is 1. The molecule has 0 spiro atoms. The van der Waals surface area contributed by atoms with Gasteiger partial charge in [-0.2, -0.15) is 5.26 Å². The van der Waals surface area contributed by atoms with Crippen LogP contribution in [-0.4, -0.2) is 18.9 Å². The molecule has 0 aromatic heterocycles. The predicted octanol–water partition coefficient (Wildman–Crippen LogP) is 2.20. The van der Waals surface area contributed by atoms with Crippen LogP contribution in [0.4, 0.5) is 0 Å². The Morgan fingerprint density at radius 2 is 2.31 bits per heavy atom. The van der Waals surface area contributed by atoms with Gasteiger partial charge in [0.25, 0.3) is 0 Å². The third-order valence-electron chi connectivity index (χ3n) is 1.85. The second-order valence-electron chi connectivity index (χ2n) is 2.88. The van der Waals surface area contributed by atoms with Crippen molar-refractivity contribution in [2.45, 2.75) is 6.92 Å². The predicted molar refractivity (Wildman–Crippen MR) is 57.5 cm³/mol. The van der Waals surface area contributed by atoms with Crippen LogP contribution in [-0.2, 0) is 4.74 Å². The van der Waals surface area contributed by atoms with Crippen LogP contribution in [0.15, 0.2) is 12.1 Å². The fraction of sp³-hybridized carbons (Fsp3) is 0.182. The topological polar surface area (TPSA) is 67.2 Å². The zero-order valence-electron chi connectivity index (χ0n) is 8.49. The van der Waals surface area contributed by atoms with Crippen molar-refractivity contribution in [1.82, 2.24) is 0 Å². The summed E-state index contributed by atoms with van der Waals surface area (Å²) < 4.78 is 4.76. The lowest BCUT2D eigenvalue weighted by Crippen LogP contribution is -2.07. The summed E-state index contributed by atoms with van der Waals surface area (Å²) in [5, 5.41) is 8.73. The summed E-state index contributed by atoms with van der Waals surface area (Å²) in [5.41, 5.74) is 0.322. The number of hydrogen-bond acceptors (Lipinski definition) is 4. The van der Waals surface area contributed by atoms with E-state index in [0.717, 1.165) is 0 Å². The molecule has 16 heavy (non-hydrogen) atoms. The molecule has 0 unspecified atom stereocenters. The van der Waals surface area contributed by atoms with Crippen LogP contribution in [0.5, 0.6) is 0 Å². The van der Waals surface area contributed by atoms with E-state index in [1.807, 2.05) is 6.07 Å². The van der Waals surface area contributed by atoms with Gasteiger partial charge in [0.05, 0.1) is 28.8 Å². The Labute approximate surface area is 97.4 Å². The van der Waals surface area contributed by atoms with E-state index >= 15 is 0 Å². The van der Waals surface area contributed by atoms with Crippen LogP contribution in [0.3, 0.4) is 0 Å². The highest BCUT2D eigenvalue weighted by molar-refractivity contribution is 6.35. The molecular formula is C11H8ClNO3. The highest BCUT2D eigenvalue weighted by Crippen LogP contribution is 2.22. The number of nitrogens with zero attached hydrogens (tertiary/aromatic N) is 1. The fourth-order valence-electron chi connectivity index (χ4n) is 1.15. The van der Waals surface area contributed by atoms with Crippen molar-refractivity contribution in [1.29, 1.82) is 5.26 Å². The van der Waals surface area contributed by atoms with Gasteiger partial charge in [0.2, 0.25) is 0 Å². The number of nitriles is 1. The molecule has 0 amide bonds. The molecule has 0 saturated carbocycles. The molecule has 1 rings (SSSR count). The molecule has 0 aliphatic heterocycles. The van der Waals surface area contributed by atoms with E-state index in [9.17, 15) is 9.59 Å². The molecule has 4 nitrogen and oxygen atoms in total. The third-order valence-corrected chi connectivity index (χ3v) is 2.27. The van der Waals surface area contributed by atoms with Gasteiger partial charge in [0.15, 0.2) is 6.29 Å². The summed E-state index contributed by atoms with van der Waals surface area (Å²) in [4.78, 5) is 22.2. The van der Waals surface area contributed by atoms with E-state index in [1.54, 1.807) is 6.92 Å². The quantitative estimate of drug-likeness (QED) is 0.597. The summed E-state index contributed by atoms with van der Waals surface area (Å²) in [5.74, 6) is -0.646. The van der Waals surface area contributed by atoms with Crippen molar-refractivity contribution in [3.8, 4) is 6.07 Å². The summed E-state index contributed by atoms with van der Waals surface area (Å²) >= 11 is 5.83. The van der Waals surface area contributed by atoms with Crippen LogP contribution in [0.1, 0.15) is 33.2 Å². The molecule has 0 heterocycles. The number of rotatable bonds is 3. The molecule has 0 radical (unpaired) electrons. The first kappa shape index (κ1) is 12.2. The van der Waals surface area contributed by atoms with Crippen molar-refractivity contribution >= 4 is 23.9 Å². The minimum Gasteiger partial charge on any atom is -0.462 e. The van der Waals surface area contributed by atoms with Crippen molar-refractivity contribution in [2.24, 2.45) is 0 Å². The Morgan fingerprint density at radius 1 is 1.62 bits per heavy atom. The molecule has 0 N–H and O–H groups in total. The lowest BCUT2D eigenvalue weighted by atomic mass is 10.1. The van der Waals surface area contributed by atoms with Gasteiger partial charge >= 0.3 is 5.97 Å². The molecular weight excluding hydrogens is 230 g/mol. The van der Waals surface area contributed by atoms with Crippen LogP contribution < -0.4 is 0 Å². The monoisotopic (exact) mass is 237 g/mol. The molecule has 0 fully saturated rings. The van der Waals surface area contributed by atoms with Gasteiger partial charge in [-0.1, -0.05) is 11.6 Å². The minimum absolute atomic E-state index is 0.00690. The van der Waals surface area contributed by atoms with Gasteiger partial charge in [-0.25, -0.2) is 4.79 Å². The average molecular weight is 238 g/mol. The fourth-order valence-corrected chi connectivity index (χ4v) is 1.39. The standard InChI is InChI=1S/C11H8ClNO3/c1-2-16-11(15)9-4-7(5-13)3-8(6-14)10(9)12/h3-4,6H,2H2,1H3. The van der Waals surface area contributed by atoms with Gasteiger partial charge in [0.1, 0.15) is 0 Å². The van der Waals surface area contributed by atoms with Crippen molar-refractivity contribution in [3.63, 3.8) is 0 Å². The van der Waals surface area contributed by atoms with E-state index in [-0.39, 0.29) is 28.3 Å². The third kappa shape index (κ3) is 2.38. The van der Waals surface area contributed by atoms with E-state index in [0.29, 0.717) is 6.29 Å². The molecule has 0 atom stereocenters. The van der Waals surface area contributed by atoms with Gasteiger partial charge < -0.3 is 4.74 Å². The van der Waals surface area contributed by atoms with Gasteiger partial charge in [-0.3, -0.25) is 4.79 Å². The molecule has 0 bridgehead atoms. The Bertz CT molecular complexity index is 477. The molecule has 0 saturated heterocycles. The molecule has 0 aliphatic carbocycles. The zero-order valence-corrected chi connectivity index (χ0v) is 9.25. The number of carbonyl (C=O) groups is 2. The lowest BCUT2D eigenvalue weighted by Gasteiger charge is -2.06. The Morgan fingerprint density at radius 3 is 2.81 bits per heavy atom. The van der Waals surface area contributed by atoms with E-state index in [1.165, 1.54) is 12.1 Å². The van der Waals surface area contributed by atoms with Gasteiger partial charge in [-0.05, 0) is 19.1 Å². The minimum atomic E-state index is -0.646. The highest BCUT2D eigenvalue weighted by Gasteiger charge is 2.16. The van der Waals surface area contributed by atoms with Crippen LogP contribution in [0.2, 0.25) is 5.02 Å². The lowest BCUT2D eigenvalue weighted by molar-refractivity contribution is 0.0526. The summed E-state index contributed by atoms with van der Waals surface area (Å²) in [6.45, 7) is 1.85. The van der Waals surface area contributed by atoms with E-state index in [2.05, 4.69) is 0 Å². The number of aldehydes is 1.